The third-order valence-electron chi connectivity index (χ3n) is 3.78. The summed E-state index contributed by atoms with van der Waals surface area (Å²) in [6.07, 6.45) is 2.48. The summed E-state index contributed by atoms with van der Waals surface area (Å²) in [6.45, 7) is 6.16. The summed E-state index contributed by atoms with van der Waals surface area (Å²) >= 11 is 0. The second-order valence-electron chi connectivity index (χ2n) is 5.00. The van der Waals surface area contributed by atoms with Gasteiger partial charge in [0.25, 0.3) is 0 Å². The number of amides is 1. The normalized spacial score (nSPS) is 18.1. The fourth-order valence-corrected chi connectivity index (χ4v) is 1.79. The predicted octanol–water partition coefficient (Wildman–Crippen LogP) is 1.29. The summed E-state index contributed by atoms with van der Waals surface area (Å²) in [4.78, 5) is 13.7. The molecular weight excluding hydrogens is 240 g/mol. The van der Waals surface area contributed by atoms with Gasteiger partial charge in [-0.15, -0.1) is 12.4 Å². The lowest BCUT2D eigenvalue weighted by Gasteiger charge is -2.30. The molecule has 1 saturated carbocycles. The molecule has 0 radical (unpaired) electrons. The fourth-order valence-electron chi connectivity index (χ4n) is 1.79. The maximum atomic E-state index is 11.8. The van der Waals surface area contributed by atoms with Crippen LogP contribution >= 0.6 is 12.4 Å². The molecule has 4 nitrogen and oxygen atoms in total. The van der Waals surface area contributed by atoms with Crippen LogP contribution in [0.25, 0.3) is 0 Å². The molecule has 0 spiro atoms. The Balaban J connectivity index is 0.00000256. The topological polar surface area (TPSA) is 41.6 Å². The van der Waals surface area contributed by atoms with Crippen LogP contribution in [0.5, 0.6) is 0 Å². The second-order valence-corrected chi connectivity index (χ2v) is 5.00. The van der Waals surface area contributed by atoms with Crippen molar-refractivity contribution in [2.45, 2.75) is 32.7 Å². The summed E-state index contributed by atoms with van der Waals surface area (Å²) in [5.74, 6) is 0.164. The van der Waals surface area contributed by atoms with Gasteiger partial charge < -0.3 is 15.0 Å². The van der Waals surface area contributed by atoms with Crippen LogP contribution in [0.15, 0.2) is 0 Å². The Hall–Kier alpha value is -0.320. The summed E-state index contributed by atoms with van der Waals surface area (Å²) in [5, 5.41) is 3.08. The average molecular weight is 265 g/mol. The number of rotatable bonds is 7. The number of methoxy groups -OCH3 is 1. The van der Waals surface area contributed by atoms with E-state index in [-0.39, 0.29) is 18.3 Å². The first-order valence-electron chi connectivity index (χ1n) is 5.96. The summed E-state index contributed by atoms with van der Waals surface area (Å²) in [6, 6.07) is 0.337. The number of halogens is 1. The van der Waals surface area contributed by atoms with Gasteiger partial charge in [0.05, 0.1) is 13.2 Å². The molecule has 1 fully saturated rings. The maximum Gasteiger partial charge on any atom is 0.236 e. The van der Waals surface area contributed by atoms with Crippen LogP contribution in [0, 0.1) is 5.41 Å². The molecule has 1 N–H and O–H groups in total. The lowest BCUT2D eigenvalue weighted by molar-refractivity contribution is -0.131. The number of nitrogens with one attached hydrogen (secondary N) is 1. The standard InChI is InChI=1S/C12H24N2O2.ClH/c1-10(12(2)5-6-12)14(3)11(15)9-13-7-8-16-4;/h10,13H,5-9H2,1-4H3;1H. The van der Waals surface area contributed by atoms with Gasteiger partial charge in [0, 0.05) is 26.7 Å². The van der Waals surface area contributed by atoms with Crippen molar-refractivity contribution >= 4 is 18.3 Å². The first kappa shape index (κ1) is 16.7. The Labute approximate surface area is 110 Å². The van der Waals surface area contributed by atoms with Crippen LogP contribution < -0.4 is 5.32 Å². The highest BCUT2D eigenvalue weighted by Gasteiger charge is 2.45. The molecule has 1 atom stereocenters. The Morgan fingerprint density at radius 2 is 2.12 bits per heavy atom. The van der Waals surface area contributed by atoms with Gasteiger partial charge in [-0.1, -0.05) is 6.92 Å². The molecule has 0 saturated heterocycles. The molecule has 0 aromatic rings. The van der Waals surface area contributed by atoms with E-state index in [0.717, 1.165) is 6.54 Å². The molecule has 0 bridgehead atoms. The number of hydrogen-bond donors (Lipinski definition) is 1. The van der Waals surface area contributed by atoms with Crippen LogP contribution in [-0.2, 0) is 9.53 Å². The van der Waals surface area contributed by atoms with E-state index >= 15 is 0 Å². The minimum absolute atomic E-state index is 0. The molecule has 1 amide bonds. The molecule has 17 heavy (non-hydrogen) atoms. The number of carbonyl (C=O) groups is 1. The molecule has 0 aromatic heterocycles. The largest absolute Gasteiger partial charge is 0.383 e. The van der Waals surface area contributed by atoms with Crippen molar-refractivity contribution < 1.29 is 9.53 Å². The smallest absolute Gasteiger partial charge is 0.236 e. The van der Waals surface area contributed by atoms with Gasteiger partial charge in [-0.05, 0) is 25.2 Å². The molecule has 5 heteroatoms. The number of nitrogens with zero attached hydrogens (tertiary/aromatic N) is 1. The summed E-state index contributed by atoms with van der Waals surface area (Å²) < 4.78 is 4.91. The zero-order valence-corrected chi connectivity index (χ0v) is 12.1. The van der Waals surface area contributed by atoms with Crippen molar-refractivity contribution in [2.75, 3.05) is 33.9 Å². The van der Waals surface area contributed by atoms with Crippen molar-refractivity contribution in [3.05, 3.63) is 0 Å². The lowest BCUT2D eigenvalue weighted by Crippen LogP contribution is -2.44. The third kappa shape index (κ3) is 4.82. The molecule has 1 rings (SSSR count). The van der Waals surface area contributed by atoms with E-state index in [2.05, 4.69) is 19.2 Å². The number of ether oxygens (including phenoxy) is 1. The minimum Gasteiger partial charge on any atom is -0.383 e. The van der Waals surface area contributed by atoms with Crippen LogP contribution in [-0.4, -0.2) is 50.7 Å². The Morgan fingerprint density at radius 1 is 1.53 bits per heavy atom. The van der Waals surface area contributed by atoms with Crippen LogP contribution in [0.4, 0.5) is 0 Å². The van der Waals surface area contributed by atoms with E-state index in [4.69, 9.17) is 4.74 Å². The van der Waals surface area contributed by atoms with Gasteiger partial charge in [-0.25, -0.2) is 0 Å². The quantitative estimate of drug-likeness (QED) is 0.705. The van der Waals surface area contributed by atoms with E-state index in [1.54, 1.807) is 7.11 Å². The highest BCUT2D eigenvalue weighted by molar-refractivity contribution is 5.85. The van der Waals surface area contributed by atoms with Crippen molar-refractivity contribution in [1.29, 1.82) is 0 Å². The molecular formula is C12H25ClN2O2. The van der Waals surface area contributed by atoms with Gasteiger partial charge in [-0.3, -0.25) is 4.79 Å². The van der Waals surface area contributed by atoms with E-state index in [9.17, 15) is 4.79 Å². The Morgan fingerprint density at radius 3 is 2.59 bits per heavy atom. The Bertz CT molecular complexity index is 245. The average Bonchev–Trinajstić information content (AvgIpc) is 3.01. The molecule has 1 aliphatic carbocycles. The molecule has 102 valence electrons. The highest BCUT2D eigenvalue weighted by atomic mass is 35.5. The van der Waals surface area contributed by atoms with E-state index in [1.807, 2.05) is 11.9 Å². The van der Waals surface area contributed by atoms with Crippen molar-refractivity contribution in [1.82, 2.24) is 10.2 Å². The summed E-state index contributed by atoms with van der Waals surface area (Å²) in [7, 11) is 3.56. The molecule has 0 aliphatic heterocycles. The Kier molecular flexibility index (Phi) is 7.05. The first-order chi connectivity index (χ1) is 7.51. The number of carbonyl (C=O) groups excluding carboxylic acids is 1. The first-order valence-corrected chi connectivity index (χ1v) is 5.96. The fraction of sp³-hybridized carbons (Fsp3) is 0.917. The van der Waals surface area contributed by atoms with E-state index < -0.39 is 0 Å². The minimum atomic E-state index is 0. The van der Waals surface area contributed by atoms with E-state index in [0.29, 0.717) is 24.6 Å². The van der Waals surface area contributed by atoms with Crippen LogP contribution in [0.1, 0.15) is 26.7 Å². The molecule has 1 unspecified atom stereocenters. The van der Waals surface area contributed by atoms with Gasteiger partial charge in [-0.2, -0.15) is 0 Å². The highest BCUT2D eigenvalue weighted by Crippen LogP contribution is 2.49. The molecule has 1 aliphatic rings. The van der Waals surface area contributed by atoms with Gasteiger partial charge >= 0.3 is 0 Å². The zero-order chi connectivity index (χ0) is 12.2. The monoisotopic (exact) mass is 264 g/mol. The zero-order valence-electron chi connectivity index (χ0n) is 11.3. The van der Waals surface area contributed by atoms with E-state index in [1.165, 1.54) is 12.8 Å². The lowest BCUT2D eigenvalue weighted by atomic mass is 9.99. The SMILES string of the molecule is COCCNCC(=O)N(C)C(C)C1(C)CC1.Cl. The van der Waals surface area contributed by atoms with Gasteiger partial charge in [0.15, 0.2) is 0 Å². The van der Waals surface area contributed by atoms with Crippen LogP contribution in [0.2, 0.25) is 0 Å². The van der Waals surface area contributed by atoms with Crippen molar-refractivity contribution in [3.63, 3.8) is 0 Å². The maximum absolute atomic E-state index is 11.8. The van der Waals surface area contributed by atoms with Crippen LogP contribution in [0.3, 0.4) is 0 Å². The van der Waals surface area contributed by atoms with Crippen molar-refractivity contribution in [3.8, 4) is 0 Å². The third-order valence-corrected chi connectivity index (χ3v) is 3.78. The molecule has 0 aromatic carbocycles. The van der Waals surface area contributed by atoms with Crippen molar-refractivity contribution in [2.24, 2.45) is 5.41 Å². The number of hydrogen-bond acceptors (Lipinski definition) is 3. The van der Waals surface area contributed by atoms with Gasteiger partial charge in [0.2, 0.25) is 5.91 Å². The van der Waals surface area contributed by atoms with Gasteiger partial charge in [0.1, 0.15) is 0 Å². The summed E-state index contributed by atoms with van der Waals surface area (Å²) in [5.41, 5.74) is 0.358. The predicted molar refractivity (Wildman–Crippen MR) is 71.6 cm³/mol. The second kappa shape index (κ2) is 7.19. The number of likely N-dealkylation sites (N-methyl/N-ethyl adjacent to an activating group) is 1. The molecule has 0 heterocycles.